The highest BCUT2D eigenvalue weighted by Gasteiger charge is 2.10. The zero-order valence-corrected chi connectivity index (χ0v) is 7.61. The number of hydrogen-bond donors (Lipinski definition) is 2. The van der Waals surface area contributed by atoms with E-state index in [9.17, 15) is 9.59 Å². The van der Waals surface area contributed by atoms with Gasteiger partial charge >= 0.3 is 0 Å². The highest BCUT2D eigenvalue weighted by Crippen LogP contribution is 2.05. The third kappa shape index (κ3) is 2.58. The van der Waals surface area contributed by atoms with E-state index in [-0.39, 0.29) is 23.9 Å². The number of nitrogens with two attached hydrogens (primary N) is 1. The number of hydrogen-bond acceptors (Lipinski definition) is 4. The number of nitrogens with one attached hydrogen (secondary N) is 1. The highest BCUT2D eigenvalue weighted by atomic mass is 16.3. The molecule has 0 atom stereocenters. The quantitative estimate of drug-likeness (QED) is 0.675. The zero-order valence-electron chi connectivity index (χ0n) is 7.61. The number of aromatic nitrogens is 1. The van der Waals surface area contributed by atoms with Gasteiger partial charge in [0.2, 0.25) is 5.91 Å². The third-order valence-corrected chi connectivity index (χ3v) is 1.46. The van der Waals surface area contributed by atoms with Crippen LogP contribution in [0.4, 0.5) is 0 Å². The lowest BCUT2D eigenvalue weighted by Gasteiger charge is -1.91. The molecule has 1 aromatic rings. The lowest BCUT2D eigenvalue weighted by atomic mass is 10.3. The Kier molecular flexibility index (Phi) is 3.22. The molecule has 0 fully saturated rings. The van der Waals surface area contributed by atoms with Gasteiger partial charge < -0.3 is 15.5 Å². The van der Waals surface area contributed by atoms with Crippen molar-refractivity contribution in [3.8, 4) is 0 Å². The molecule has 1 heterocycles. The van der Waals surface area contributed by atoms with Gasteiger partial charge in [-0.3, -0.25) is 9.59 Å². The van der Waals surface area contributed by atoms with Crippen molar-refractivity contribution < 1.29 is 14.0 Å². The molecular formula is C8H10N3O3. The predicted octanol–water partition coefficient (Wildman–Crippen LogP) is -0.538. The minimum Gasteiger partial charge on any atom is -0.448 e. The van der Waals surface area contributed by atoms with Crippen molar-refractivity contribution in [2.24, 2.45) is 5.73 Å². The van der Waals surface area contributed by atoms with Crippen LogP contribution in [0.1, 0.15) is 22.8 Å². The monoisotopic (exact) mass is 196 g/mol. The Morgan fingerprint density at radius 1 is 1.71 bits per heavy atom. The van der Waals surface area contributed by atoms with Gasteiger partial charge in [0.1, 0.15) is 6.26 Å². The lowest BCUT2D eigenvalue weighted by Crippen LogP contribution is -2.18. The maximum atomic E-state index is 11.0. The van der Waals surface area contributed by atoms with E-state index < -0.39 is 5.91 Å². The molecule has 0 aliphatic carbocycles. The molecule has 3 N–H and O–H groups in total. The van der Waals surface area contributed by atoms with Crippen molar-refractivity contribution in [2.75, 3.05) is 7.05 Å². The van der Waals surface area contributed by atoms with Crippen molar-refractivity contribution in [2.45, 2.75) is 6.42 Å². The average molecular weight is 196 g/mol. The Hall–Kier alpha value is -1.85. The Morgan fingerprint density at radius 2 is 2.43 bits per heavy atom. The summed E-state index contributed by atoms with van der Waals surface area (Å²) in [5.41, 5.74) is 5.08. The molecule has 1 rings (SSSR count). The Morgan fingerprint density at radius 3 is 3.00 bits per heavy atom. The fourth-order valence-electron chi connectivity index (χ4n) is 0.802. The Labute approximate surface area is 80.5 Å². The van der Waals surface area contributed by atoms with Crippen LogP contribution in [0.15, 0.2) is 10.7 Å². The normalized spacial score (nSPS) is 9.79. The predicted molar refractivity (Wildman–Crippen MR) is 47.1 cm³/mol. The van der Waals surface area contributed by atoms with Crippen LogP contribution < -0.4 is 11.1 Å². The van der Waals surface area contributed by atoms with Crippen molar-refractivity contribution in [3.05, 3.63) is 24.3 Å². The third-order valence-electron chi connectivity index (χ3n) is 1.46. The Balaban J connectivity index is 2.59. The first-order valence-electron chi connectivity index (χ1n) is 3.92. The number of amides is 2. The number of carbonyl (C=O) groups is 2. The van der Waals surface area contributed by atoms with Crippen molar-refractivity contribution in [3.63, 3.8) is 0 Å². The van der Waals surface area contributed by atoms with Gasteiger partial charge in [-0.25, -0.2) is 4.98 Å². The minimum atomic E-state index is -0.482. The van der Waals surface area contributed by atoms with Gasteiger partial charge in [-0.15, -0.1) is 0 Å². The molecule has 0 aliphatic rings. The molecule has 0 saturated carbocycles. The number of rotatable bonds is 4. The van der Waals surface area contributed by atoms with E-state index in [0.29, 0.717) is 0 Å². The lowest BCUT2D eigenvalue weighted by molar-refractivity contribution is -0.117. The van der Waals surface area contributed by atoms with Crippen LogP contribution in [0, 0.1) is 6.42 Å². The molecule has 0 aliphatic heterocycles. The summed E-state index contributed by atoms with van der Waals surface area (Å²) in [5, 5.41) is 2.39. The van der Waals surface area contributed by atoms with E-state index in [2.05, 4.69) is 10.3 Å². The molecule has 6 heteroatoms. The fraction of sp³-hybridized carbons (Fsp3) is 0.250. The summed E-state index contributed by atoms with van der Waals surface area (Å²) >= 11 is 0. The number of nitrogens with zero attached hydrogens (tertiary/aromatic N) is 1. The molecule has 2 amide bonds. The molecule has 0 saturated heterocycles. The molecule has 1 aromatic heterocycles. The first-order chi connectivity index (χ1) is 6.63. The molecule has 0 unspecified atom stereocenters. The van der Waals surface area contributed by atoms with Gasteiger partial charge in [-0.2, -0.15) is 0 Å². The van der Waals surface area contributed by atoms with Crippen LogP contribution in [0.5, 0.6) is 0 Å². The van der Waals surface area contributed by atoms with Crippen LogP contribution in [0.2, 0.25) is 0 Å². The van der Waals surface area contributed by atoms with E-state index in [4.69, 9.17) is 10.2 Å². The van der Waals surface area contributed by atoms with E-state index in [1.807, 2.05) is 0 Å². The van der Waals surface area contributed by atoms with E-state index in [1.165, 1.54) is 19.7 Å². The standard InChI is InChI=1S/C8H10N3O3/c1-10-8(13)5-4-14-7(11-5)3-2-6(9)12/h3-4H,2H2,1H3,(H2,9,12)(H,10,13). The summed E-state index contributed by atoms with van der Waals surface area (Å²) < 4.78 is 4.90. The van der Waals surface area contributed by atoms with Crippen LogP contribution in [-0.2, 0) is 4.79 Å². The number of carbonyl (C=O) groups excluding carboxylic acids is 2. The summed E-state index contributed by atoms with van der Waals surface area (Å²) in [6, 6.07) is 0. The molecule has 0 spiro atoms. The molecular weight excluding hydrogens is 186 g/mol. The molecule has 75 valence electrons. The number of oxazole rings is 1. The maximum absolute atomic E-state index is 11.0. The summed E-state index contributed by atoms with van der Waals surface area (Å²) in [6.07, 6.45) is 2.66. The van der Waals surface area contributed by atoms with E-state index in [1.54, 1.807) is 0 Å². The van der Waals surface area contributed by atoms with Gasteiger partial charge in [0, 0.05) is 13.5 Å². The van der Waals surface area contributed by atoms with Gasteiger partial charge in [-0.05, 0) is 0 Å². The van der Waals surface area contributed by atoms with Crippen LogP contribution in [0.3, 0.4) is 0 Å². The van der Waals surface area contributed by atoms with E-state index in [0.717, 1.165) is 0 Å². The first-order valence-corrected chi connectivity index (χ1v) is 3.92. The summed E-state index contributed by atoms with van der Waals surface area (Å²) in [7, 11) is 1.49. The van der Waals surface area contributed by atoms with Crippen molar-refractivity contribution in [1.82, 2.24) is 10.3 Å². The van der Waals surface area contributed by atoms with E-state index >= 15 is 0 Å². The molecule has 14 heavy (non-hydrogen) atoms. The van der Waals surface area contributed by atoms with Gasteiger partial charge in [-0.1, -0.05) is 0 Å². The SMILES string of the molecule is CNC(=O)c1coc([CH]CC(N)=O)n1. The highest BCUT2D eigenvalue weighted by molar-refractivity contribution is 5.91. The van der Waals surface area contributed by atoms with Crippen LogP contribution in [0.25, 0.3) is 0 Å². The van der Waals surface area contributed by atoms with Crippen molar-refractivity contribution >= 4 is 11.8 Å². The van der Waals surface area contributed by atoms with Gasteiger partial charge in [0.25, 0.3) is 5.91 Å². The smallest absolute Gasteiger partial charge is 0.272 e. The summed E-state index contributed by atoms with van der Waals surface area (Å²) in [4.78, 5) is 25.2. The molecule has 6 nitrogen and oxygen atoms in total. The fourth-order valence-corrected chi connectivity index (χ4v) is 0.802. The minimum absolute atomic E-state index is 0.0354. The van der Waals surface area contributed by atoms with Gasteiger partial charge in [0.15, 0.2) is 11.6 Å². The maximum Gasteiger partial charge on any atom is 0.272 e. The van der Waals surface area contributed by atoms with Crippen LogP contribution in [-0.4, -0.2) is 23.8 Å². The second-order valence-corrected chi connectivity index (χ2v) is 2.52. The molecule has 0 bridgehead atoms. The topological polar surface area (TPSA) is 98.2 Å². The second kappa shape index (κ2) is 4.40. The average Bonchev–Trinajstić information content (AvgIpc) is 2.62. The summed E-state index contributed by atoms with van der Waals surface area (Å²) in [6.45, 7) is 0. The zero-order chi connectivity index (χ0) is 10.6. The Bertz CT molecular complexity index is 345. The molecule has 0 aromatic carbocycles. The number of primary amides is 1. The van der Waals surface area contributed by atoms with Crippen LogP contribution >= 0.6 is 0 Å². The van der Waals surface area contributed by atoms with Gasteiger partial charge in [0.05, 0.1) is 6.42 Å². The first kappa shape index (κ1) is 10.2. The molecule has 1 radical (unpaired) electrons. The largest absolute Gasteiger partial charge is 0.448 e. The summed E-state index contributed by atoms with van der Waals surface area (Å²) in [5.74, 6) is -0.612. The van der Waals surface area contributed by atoms with Crippen molar-refractivity contribution in [1.29, 1.82) is 0 Å². The second-order valence-electron chi connectivity index (χ2n) is 2.52.